The minimum absolute atomic E-state index is 0.137. The van der Waals surface area contributed by atoms with E-state index in [-0.39, 0.29) is 10.8 Å². The van der Waals surface area contributed by atoms with Crippen molar-refractivity contribution in [1.82, 2.24) is 10.7 Å². The van der Waals surface area contributed by atoms with Crippen molar-refractivity contribution in [2.75, 3.05) is 0 Å². The van der Waals surface area contributed by atoms with Crippen LogP contribution in [0.5, 0.6) is 0 Å². The third-order valence-corrected chi connectivity index (χ3v) is 4.05. The van der Waals surface area contributed by atoms with Gasteiger partial charge < -0.3 is 30.8 Å². The summed E-state index contributed by atoms with van der Waals surface area (Å²) >= 11 is 5.04. The molecule has 0 spiro atoms. The average molecular weight is 355 g/mol. The van der Waals surface area contributed by atoms with Gasteiger partial charge in [0.1, 0.15) is 36.2 Å². The van der Waals surface area contributed by atoms with Crippen LogP contribution in [0.1, 0.15) is 11.1 Å². The first kappa shape index (κ1) is 18.7. The van der Waals surface area contributed by atoms with E-state index in [0.717, 1.165) is 11.1 Å². The number of hydrogen-bond donors (Lipinski definition) is 7. The lowest BCUT2D eigenvalue weighted by molar-refractivity contribution is -0.130. The van der Waals surface area contributed by atoms with E-state index in [1.807, 2.05) is 31.2 Å². The lowest BCUT2D eigenvalue weighted by Crippen LogP contribution is -2.62. The number of hydrazone groups is 1. The zero-order valence-corrected chi connectivity index (χ0v) is 13.8. The highest BCUT2D eigenvalue weighted by molar-refractivity contribution is 7.80. The maximum absolute atomic E-state index is 9.83. The summed E-state index contributed by atoms with van der Waals surface area (Å²) in [6, 6.07) is 7.83. The number of benzene rings is 1. The quantitative estimate of drug-likeness (QED) is 0.247. The summed E-state index contributed by atoms with van der Waals surface area (Å²) < 4.78 is 0. The highest BCUT2D eigenvalue weighted by Crippen LogP contribution is 2.18. The number of aliphatic hydroxyl groups excluding tert-OH is 5. The first-order chi connectivity index (χ1) is 11.3. The predicted molar refractivity (Wildman–Crippen MR) is 91.2 cm³/mol. The van der Waals surface area contributed by atoms with Crippen molar-refractivity contribution >= 4 is 23.0 Å². The van der Waals surface area contributed by atoms with E-state index in [4.69, 9.17) is 12.2 Å². The van der Waals surface area contributed by atoms with Crippen molar-refractivity contribution in [3.63, 3.8) is 0 Å². The van der Waals surface area contributed by atoms with Gasteiger partial charge in [0.15, 0.2) is 5.11 Å². The van der Waals surface area contributed by atoms with Gasteiger partial charge in [-0.25, -0.2) is 0 Å². The maximum Gasteiger partial charge on any atom is 0.187 e. The lowest BCUT2D eigenvalue weighted by atomic mass is 9.86. The molecule has 24 heavy (non-hydrogen) atoms. The Bertz CT molecular complexity index is 592. The molecule has 9 heteroatoms. The largest absolute Gasteiger partial charge is 0.387 e. The highest BCUT2D eigenvalue weighted by atomic mass is 32.1. The van der Waals surface area contributed by atoms with Gasteiger partial charge in [0.05, 0.1) is 0 Å². The zero-order chi connectivity index (χ0) is 17.9. The molecule has 0 aromatic heterocycles. The Morgan fingerprint density at radius 3 is 2.08 bits per heavy atom. The van der Waals surface area contributed by atoms with E-state index in [1.54, 1.807) is 0 Å². The molecule has 1 saturated carbocycles. The van der Waals surface area contributed by atoms with E-state index >= 15 is 0 Å². The molecule has 0 heterocycles. The second-order valence-corrected chi connectivity index (χ2v) is 6.09. The fourth-order valence-corrected chi connectivity index (χ4v) is 2.39. The maximum atomic E-state index is 9.83. The van der Waals surface area contributed by atoms with Crippen molar-refractivity contribution in [2.24, 2.45) is 5.10 Å². The molecule has 1 aromatic carbocycles. The highest BCUT2D eigenvalue weighted by Gasteiger charge is 2.46. The second kappa shape index (κ2) is 7.97. The summed E-state index contributed by atoms with van der Waals surface area (Å²) in [4.78, 5) is 0. The summed E-state index contributed by atoms with van der Waals surface area (Å²) in [6.07, 6.45) is -8.21. The number of nitrogens with zero attached hydrogens (tertiary/aromatic N) is 1. The van der Waals surface area contributed by atoms with Gasteiger partial charge in [0, 0.05) is 6.54 Å². The Hall–Kier alpha value is -1.62. The third-order valence-electron chi connectivity index (χ3n) is 3.81. The van der Waals surface area contributed by atoms with Gasteiger partial charge in [-0.05, 0) is 24.7 Å². The molecular formula is C15H21N3O5S. The number of thiocarbonyl (C=S) groups is 1. The van der Waals surface area contributed by atoms with Crippen molar-refractivity contribution in [1.29, 1.82) is 0 Å². The fraction of sp³-hybridized carbons (Fsp3) is 0.467. The Morgan fingerprint density at radius 1 is 1.00 bits per heavy atom. The monoisotopic (exact) mass is 355 g/mol. The van der Waals surface area contributed by atoms with Crippen LogP contribution in [0.3, 0.4) is 0 Å². The van der Waals surface area contributed by atoms with E-state index in [2.05, 4.69) is 15.8 Å². The predicted octanol–water partition coefficient (Wildman–Crippen LogP) is -1.87. The van der Waals surface area contributed by atoms with Crippen LogP contribution < -0.4 is 10.7 Å². The molecule has 0 saturated heterocycles. The third kappa shape index (κ3) is 4.26. The summed E-state index contributed by atoms with van der Waals surface area (Å²) in [5.41, 5.74) is 4.28. The Morgan fingerprint density at radius 2 is 1.54 bits per heavy atom. The number of rotatable bonds is 3. The van der Waals surface area contributed by atoms with Crippen molar-refractivity contribution in [2.45, 2.75) is 44.0 Å². The lowest BCUT2D eigenvalue weighted by Gasteiger charge is -2.36. The van der Waals surface area contributed by atoms with Gasteiger partial charge >= 0.3 is 0 Å². The molecule has 2 rings (SSSR count). The van der Waals surface area contributed by atoms with Gasteiger partial charge in [0.25, 0.3) is 0 Å². The standard InChI is InChI=1S/C15H21N3O5S/c1-7-2-4-8(5-3-7)6-16-15(24)18-17-9-10(19)12(21)14(23)13(22)11(9)20/h2-5,10-14,19-23H,6H2,1H3,(H2,16,18,24)/t10-,11+,12-,13-,14?/m1/s1. The Labute approximate surface area is 144 Å². The van der Waals surface area contributed by atoms with Crippen LogP contribution in [0.15, 0.2) is 29.4 Å². The summed E-state index contributed by atoms with van der Waals surface area (Å²) in [5.74, 6) is 0. The molecule has 1 aliphatic carbocycles. The molecular weight excluding hydrogens is 334 g/mol. The van der Waals surface area contributed by atoms with E-state index in [0.29, 0.717) is 6.54 Å². The van der Waals surface area contributed by atoms with Crippen LogP contribution in [0, 0.1) is 6.92 Å². The smallest absolute Gasteiger partial charge is 0.187 e. The molecule has 1 aromatic rings. The number of aliphatic hydroxyl groups is 5. The van der Waals surface area contributed by atoms with Gasteiger partial charge in [-0.2, -0.15) is 5.10 Å². The molecule has 0 aliphatic heterocycles. The summed E-state index contributed by atoms with van der Waals surface area (Å²) in [7, 11) is 0. The van der Waals surface area contributed by atoms with Crippen LogP contribution in [0.4, 0.5) is 0 Å². The van der Waals surface area contributed by atoms with E-state index < -0.39 is 30.5 Å². The van der Waals surface area contributed by atoms with E-state index in [9.17, 15) is 25.5 Å². The molecule has 5 atom stereocenters. The van der Waals surface area contributed by atoms with Crippen LogP contribution in [0.2, 0.25) is 0 Å². The average Bonchev–Trinajstić information content (AvgIpc) is 2.57. The minimum Gasteiger partial charge on any atom is -0.387 e. The second-order valence-electron chi connectivity index (χ2n) is 5.68. The SMILES string of the molecule is Cc1ccc(CNC(=S)NN=C2[C@@H](O)[C@@H](O)C(O)[C@H](O)[C@H]2O)cc1. The van der Waals surface area contributed by atoms with Crippen LogP contribution in [-0.4, -0.2) is 66.9 Å². The Balaban J connectivity index is 1.93. The molecule has 1 aliphatic rings. The minimum atomic E-state index is -1.67. The van der Waals surface area contributed by atoms with Gasteiger partial charge in [0.2, 0.25) is 0 Å². The van der Waals surface area contributed by atoms with Gasteiger partial charge in [-0.1, -0.05) is 29.8 Å². The zero-order valence-electron chi connectivity index (χ0n) is 13.0. The Kier molecular flexibility index (Phi) is 6.21. The van der Waals surface area contributed by atoms with Crippen LogP contribution in [0.25, 0.3) is 0 Å². The van der Waals surface area contributed by atoms with Crippen LogP contribution >= 0.6 is 12.2 Å². The number of hydrogen-bond acceptors (Lipinski definition) is 7. The molecule has 8 nitrogen and oxygen atoms in total. The molecule has 132 valence electrons. The molecule has 0 radical (unpaired) electrons. The molecule has 0 amide bonds. The fourth-order valence-electron chi connectivity index (χ4n) is 2.28. The van der Waals surface area contributed by atoms with Crippen molar-refractivity contribution in [3.8, 4) is 0 Å². The first-order valence-corrected chi connectivity index (χ1v) is 7.79. The summed E-state index contributed by atoms with van der Waals surface area (Å²) in [5, 5.41) is 55.1. The van der Waals surface area contributed by atoms with Gasteiger partial charge in [-0.3, -0.25) is 5.43 Å². The van der Waals surface area contributed by atoms with Crippen molar-refractivity contribution in [3.05, 3.63) is 35.4 Å². The molecule has 7 N–H and O–H groups in total. The van der Waals surface area contributed by atoms with Crippen LogP contribution in [-0.2, 0) is 6.54 Å². The molecule has 0 bridgehead atoms. The van der Waals surface area contributed by atoms with Crippen molar-refractivity contribution < 1.29 is 25.5 Å². The first-order valence-electron chi connectivity index (χ1n) is 7.38. The normalized spacial score (nSPS) is 31.8. The van der Waals surface area contributed by atoms with Gasteiger partial charge in [-0.15, -0.1) is 0 Å². The molecule has 1 unspecified atom stereocenters. The number of nitrogens with one attached hydrogen (secondary N) is 2. The molecule has 1 fully saturated rings. The number of aryl methyl sites for hydroxylation is 1. The topological polar surface area (TPSA) is 138 Å². The van der Waals surface area contributed by atoms with E-state index in [1.165, 1.54) is 0 Å². The summed E-state index contributed by atoms with van der Waals surface area (Å²) in [6.45, 7) is 2.44.